The molecule has 0 spiro atoms. The summed E-state index contributed by atoms with van der Waals surface area (Å²) in [5, 5.41) is 8.70. The monoisotopic (exact) mass is 342 g/mol. The number of nitrogens with zero attached hydrogens (tertiary/aromatic N) is 1. The summed E-state index contributed by atoms with van der Waals surface area (Å²) in [5.74, 6) is 5.13. The number of halogens is 1. The van der Waals surface area contributed by atoms with Crippen LogP contribution in [0.5, 0.6) is 0 Å². The molecule has 2 rings (SSSR count). The number of rotatable bonds is 4. The molecule has 0 radical (unpaired) electrons. The molecule has 21 heavy (non-hydrogen) atoms. The topological polar surface area (TPSA) is 79.3 Å². The van der Waals surface area contributed by atoms with Gasteiger partial charge in [-0.05, 0) is 18.2 Å². The lowest BCUT2D eigenvalue weighted by atomic mass is 10.2. The second-order valence-corrected chi connectivity index (χ2v) is 7.01. The molecular formula is C13H11ClN2O3S2. The molecule has 0 saturated heterocycles. The molecule has 0 saturated carbocycles. The van der Waals surface area contributed by atoms with Gasteiger partial charge in [0.2, 0.25) is 10.0 Å². The predicted molar refractivity (Wildman–Crippen MR) is 81.6 cm³/mol. The summed E-state index contributed by atoms with van der Waals surface area (Å²) in [6.07, 6.45) is 1.60. The number of aromatic nitrogens is 1. The standard InChI is InChI=1S/C13H11ClN2O3S2/c14-12-6-10(2-1-5-17)3-4-13(12)21(18,19)16-8-11-7-15-9-20-11/h3-4,6-7,9,16-17H,5,8H2. The number of sulfonamides is 1. The van der Waals surface area contributed by atoms with Gasteiger partial charge in [0.1, 0.15) is 11.5 Å². The lowest BCUT2D eigenvalue weighted by Crippen LogP contribution is -2.23. The van der Waals surface area contributed by atoms with Crippen LogP contribution in [0.2, 0.25) is 5.02 Å². The third kappa shape index (κ3) is 4.27. The van der Waals surface area contributed by atoms with E-state index in [2.05, 4.69) is 21.5 Å². The van der Waals surface area contributed by atoms with Crippen molar-refractivity contribution in [3.05, 3.63) is 45.4 Å². The first-order chi connectivity index (χ1) is 10.0. The molecule has 8 heteroatoms. The van der Waals surface area contributed by atoms with Crippen LogP contribution in [0.1, 0.15) is 10.4 Å². The van der Waals surface area contributed by atoms with Crippen LogP contribution in [0.15, 0.2) is 34.8 Å². The molecule has 2 N–H and O–H groups in total. The average molecular weight is 343 g/mol. The highest BCUT2D eigenvalue weighted by molar-refractivity contribution is 7.89. The fourth-order valence-corrected chi connectivity index (χ4v) is 3.69. The van der Waals surface area contributed by atoms with Crippen LogP contribution in [-0.2, 0) is 16.6 Å². The summed E-state index contributed by atoms with van der Waals surface area (Å²) in [4.78, 5) is 4.67. The first-order valence-corrected chi connectivity index (χ1v) is 8.53. The van der Waals surface area contributed by atoms with Gasteiger partial charge in [0, 0.05) is 23.2 Å². The second kappa shape index (κ2) is 7.02. The highest BCUT2D eigenvalue weighted by Gasteiger charge is 2.18. The van der Waals surface area contributed by atoms with Crippen molar-refractivity contribution in [1.82, 2.24) is 9.71 Å². The highest BCUT2D eigenvalue weighted by Crippen LogP contribution is 2.22. The molecule has 110 valence electrons. The Hall–Kier alpha value is -1.43. The van der Waals surface area contributed by atoms with Gasteiger partial charge in [-0.2, -0.15) is 0 Å². The van der Waals surface area contributed by atoms with Gasteiger partial charge < -0.3 is 5.11 Å². The van der Waals surface area contributed by atoms with Crippen molar-refractivity contribution in [3.8, 4) is 11.8 Å². The second-order valence-electron chi connectivity index (χ2n) is 3.90. The van der Waals surface area contributed by atoms with E-state index in [0.717, 1.165) is 4.88 Å². The summed E-state index contributed by atoms with van der Waals surface area (Å²) in [6, 6.07) is 4.38. The fourth-order valence-electron chi connectivity index (χ4n) is 1.51. The van der Waals surface area contributed by atoms with Crippen molar-refractivity contribution in [1.29, 1.82) is 0 Å². The molecule has 1 heterocycles. The number of benzene rings is 1. The largest absolute Gasteiger partial charge is 0.384 e. The van der Waals surface area contributed by atoms with E-state index in [4.69, 9.17) is 16.7 Å². The first kappa shape index (κ1) is 15.9. The number of aliphatic hydroxyl groups excluding tert-OH is 1. The summed E-state index contributed by atoms with van der Waals surface area (Å²) in [6.45, 7) is -0.108. The van der Waals surface area contributed by atoms with Gasteiger partial charge in [0.25, 0.3) is 0 Å². The molecule has 0 aliphatic heterocycles. The summed E-state index contributed by atoms with van der Waals surface area (Å²) < 4.78 is 26.8. The van der Waals surface area contributed by atoms with Crippen LogP contribution in [0, 0.1) is 11.8 Å². The van der Waals surface area contributed by atoms with Gasteiger partial charge in [0.15, 0.2) is 0 Å². The van der Waals surface area contributed by atoms with Crippen molar-refractivity contribution in [2.24, 2.45) is 0 Å². The summed E-state index contributed by atoms with van der Waals surface area (Å²) >= 11 is 7.36. The van der Waals surface area contributed by atoms with E-state index in [1.54, 1.807) is 11.7 Å². The van der Waals surface area contributed by atoms with Crippen LogP contribution in [-0.4, -0.2) is 25.1 Å². The maximum Gasteiger partial charge on any atom is 0.242 e. The molecule has 2 aromatic rings. The van der Waals surface area contributed by atoms with Gasteiger partial charge >= 0.3 is 0 Å². The van der Waals surface area contributed by atoms with Crippen molar-refractivity contribution in [2.45, 2.75) is 11.4 Å². The minimum atomic E-state index is -3.70. The lowest BCUT2D eigenvalue weighted by Gasteiger charge is -2.07. The van der Waals surface area contributed by atoms with Gasteiger partial charge in [0.05, 0.1) is 10.5 Å². The summed E-state index contributed by atoms with van der Waals surface area (Å²) in [5.41, 5.74) is 2.17. The zero-order valence-electron chi connectivity index (χ0n) is 10.7. The summed E-state index contributed by atoms with van der Waals surface area (Å²) in [7, 11) is -3.70. The molecule has 0 amide bonds. The number of thiazole rings is 1. The van der Waals surface area contributed by atoms with Crippen molar-refractivity contribution in [3.63, 3.8) is 0 Å². The smallest absolute Gasteiger partial charge is 0.242 e. The SMILES string of the molecule is O=S(=O)(NCc1cncs1)c1ccc(C#CCO)cc1Cl. The molecule has 0 bridgehead atoms. The molecular weight excluding hydrogens is 332 g/mol. The Balaban J connectivity index is 2.19. The Labute approximate surface area is 131 Å². The molecule has 5 nitrogen and oxygen atoms in total. The molecule has 0 fully saturated rings. The van der Waals surface area contributed by atoms with Crippen LogP contribution in [0.3, 0.4) is 0 Å². The molecule has 1 aromatic carbocycles. The van der Waals surface area contributed by atoms with Crippen LogP contribution >= 0.6 is 22.9 Å². The zero-order valence-corrected chi connectivity index (χ0v) is 13.1. The number of hydrogen-bond acceptors (Lipinski definition) is 5. The molecule has 0 aliphatic carbocycles. The molecule has 1 aromatic heterocycles. The van der Waals surface area contributed by atoms with Crippen molar-refractivity contribution in [2.75, 3.05) is 6.61 Å². The normalized spacial score (nSPS) is 11.0. The first-order valence-electron chi connectivity index (χ1n) is 5.79. The Morgan fingerprint density at radius 2 is 2.24 bits per heavy atom. The Morgan fingerprint density at radius 3 is 2.86 bits per heavy atom. The minimum absolute atomic E-state index is 0.0109. The Kier molecular flexibility index (Phi) is 5.33. The van der Waals surface area contributed by atoms with E-state index in [0.29, 0.717) is 5.56 Å². The van der Waals surface area contributed by atoms with Crippen molar-refractivity contribution >= 4 is 33.0 Å². The van der Waals surface area contributed by atoms with E-state index in [9.17, 15) is 8.42 Å². The Bertz CT molecular complexity index is 777. The fraction of sp³-hybridized carbons (Fsp3) is 0.154. The third-order valence-electron chi connectivity index (χ3n) is 2.45. The average Bonchev–Trinajstić information content (AvgIpc) is 2.96. The van der Waals surface area contributed by atoms with E-state index < -0.39 is 10.0 Å². The maximum absolute atomic E-state index is 12.2. The van der Waals surface area contributed by atoms with Crippen molar-refractivity contribution < 1.29 is 13.5 Å². The van der Waals surface area contributed by atoms with E-state index in [-0.39, 0.29) is 23.1 Å². The van der Waals surface area contributed by atoms with Gasteiger partial charge in [-0.25, -0.2) is 13.1 Å². The van der Waals surface area contributed by atoms with Crippen LogP contribution in [0.25, 0.3) is 0 Å². The third-order valence-corrected chi connectivity index (χ3v) is 5.12. The predicted octanol–water partition coefficient (Wildman–Crippen LogP) is 1.62. The van der Waals surface area contributed by atoms with Gasteiger partial charge in [-0.3, -0.25) is 4.98 Å². The van der Waals surface area contributed by atoms with E-state index in [1.165, 1.54) is 29.5 Å². The van der Waals surface area contributed by atoms with E-state index >= 15 is 0 Å². The van der Waals surface area contributed by atoms with Crippen LogP contribution < -0.4 is 4.72 Å². The number of nitrogens with one attached hydrogen (secondary N) is 1. The molecule has 0 atom stereocenters. The zero-order chi connectivity index (χ0) is 15.3. The Morgan fingerprint density at radius 1 is 1.43 bits per heavy atom. The highest BCUT2D eigenvalue weighted by atomic mass is 35.5. The number of hydrogen-bond donors (Lipinski definition) is 2. The maximum atomic E-state index is 12.2. The lowest BCUT2D eigenvalue weighted by molar-refractivity contribution is 0.350. The quantitative estimate of drug-likeness (QED) is 0.827. The molecule has 0 aliphatic rings. The molecule has 0 unspecified atom stereocenters. The van der Waals surface area contributed by atoms with Gasteiger partial charge in [-0.1, -0.05) is 23.4 Å². The van der Waals surface area contributed by atoms with Gasteiger partial charge in [-0.15, -0.1) is 11.3 Å². The number of aliphatic hydroxyl groups is 1. The van der Waals surface area contributed by atoms with E-state index in [1.807, 2.05) is 0 Å². The van der Waals surface area contributed by atoms with Crippen LogP contribution in [0.4, 0.5) is 0 Å². The minimum Gasteiger partial charge on any atom is -0.384 e.